The number of phenolic OH excluding ortho intramolecular Hbond substituents is 1. The molecule has 1 fully saturated rings. The predicted molar refractivity (Wildman–Crippen MR) is 79.9 cm³/mol. The van der Waals surface area contributed by atoms with Gasteiger partial charge in [0.25, 0.3) is 0 Å². The summed E-state index contributed by atoms with van der Waals surface area (Å²) >= 11 is 0. The first-order chi connectivity index (χ1) is 9.84. The van der Waals surface area contributed by atoms with Crippen molar-refractivity contribution >= 4 is 0 Å². The van der Waals surface area contributed by atoms with Crippen LogP contribution in [0, 0.1) is 5.92 Å². The van der Waals surface area contributed by atoms with Gasteiger partial charge in [0.1, 0.15) is 5.75 Å². The Hall–Kier alpha value is -1.80. The van der Waals surface area contributed by atoms with E-state index < -0.39 is 0 Å². The van der Waals surface area contributed by atoms with Crippen LogP contribution >= 0.6 is 0 Å². The van der Waals surface area contributed by atoms with Crippen molar-refractivity contribution in [2.45, 2.75) is 24.8 Å². The van der Waals surface area contributed by atoms with Crippen LogP contribution in [0.4, 0.5) is 0 Å². The summed E-state index contributed by atoms with van der Waals surface area (Å²) < 4.78 is 0. The van der Waals surface area contributed by atoms with Crippen molar-refractivity contribution in [3.8, 4) is 5.75 Å². The van der Waals surface area contributed by atoms with Crippen molar-refractivity contribution in [3.63, 3.8) is 0 Å². The van der Waals surface area contributed by atoms with E-state index in [1.165, 1.54) is 29.5 Å². The first-order valence-corrected chi connectivity index (χ1v) is 7.46. The minimum atomic E-state index is 0.346. The molecule has 1 saturated heterocycles. The highest BCUT2D eigenvalue weighted by Gasteiger charge is 2.41. The minimum absolute atomic E-state index is 0.346. The first-order valence-electron chi connectivity index (χ1n) is 7.46. The molecule has 0 spiro atoms. The lowest BCUT2D eigenvalue weighted by atomic mass is 9.80. The Bertz CT molecular complexity index is 620. The molecule has 3 atom stereocenters. The third-order valence-corrected chi connectivity index (χ3v) is 4.85. The molecule has 2 heteroatoms. The molecule has 2 aromatic rings. The molecule has 0 radical (unpaired) electrons. The Labute approximate surface area is 119 Å². The van der Waals surface area contributed by atoms with E-state index >= 15 is 0 Å². The molecule has 2 aromatic carbocycles. The van der Waals surface area contributed by atoms with Gasteiger partial charge in [-0.2, -0.15) is 0 Å². The van der Waals surface area contributed by atoms with E-state index in [2.05, 4.69) is 41.7 Å². The van der Waals surface area contributed by atoms with Crippen LogP contribution in [0.15, 0.2) is 48.5 Å². The van der Waals surface area contributed by atoms with Crippen LogP contribution < -0.4 is 5.32 Å². The van der Waals surface area contributed by atoms with Gasteiger partial charge in [-0.25, -0.2) is 0 Å². The van der Waals surface area contributed by atoms with Crippen molar-refractivity contribution in [3.05, 3.63) is 65.2 Å². The summed E-state index contributed by atoms with van der Waals surface area (Å²) in [5, 5.41) is 13.2. The van der Waals surface area contributed by atoms with Gasteiger partial charge in [-0.15, -0.1) is 0 Å². The number of fused-ring (bicyclic) bond motifs is 3. The Morgan fingerprint density at radius 3 is 2.50 bits per heavy atom. The van der Waals surface area contributed by atoms with E-state index in [1.807, 2.05) is 12.1 Å². The van der Waals surface area contributed by atoms with E-state index in [1.54, 1.807) is 0 Å². The Balaban J connectivity index is 1.83. The maximum atomic E-state index is 9.51. The molecule has 0 saturated carbocycles. The minimum Gasteiger partial charge on any atom is -0.508 e. The van der Waals surface area contributed by atoms with Crippen LogP contribution in [0.25, 0.3) is 0 Å². The summed E-state index contributed by atoms with van der Waals surface area (Å²) in [5.74, 6) is 1.45. The number of piperidine rings is 1. The number of nitrogens with one attached hydrogen (secondary N) is 1. The van der Waals surface area contributed by atoms with Crippen molar-refractivity contribution in [2.75, 3.05) is 6.54 Å². The van der Waals surface area contributed by atoms with Gasteiger partial charge in [0.15, 0.2) is 0 Å². The van der Waals surface area contributed by atoms with Gasteiger partial charge < -0.3 is 10.4 Å². The summed E-state index contributed by atoms with van der Waals surface area (Å²) in [4.78, 5) is 0. The number of hydrogen-bond donors (Lipinski definition) is 2. The molecular weight excluding hydrogens is 246 g/mol. The van der Waals surface area contributed by atoms with Crippen molar-refractivity contribution in [1.29, 1.82) is 0 Å². The molecule has 0 amide bonds. The maximum Gasteiger partial charge on any atom is 0.115 e. The van der Waals surface area contributed by atoms with E-state index in [0.29, 0.717) is 23.6 Å². The van der Waals surface area contributed by atoms with Crippen LogP contribution in [0.5, 0.6) is 5.75 Å². The zero-order chi connectivity index (χ0) is 13.5. The second-order valence-corrected chi connectivity index (χ2v) is 5.94. The van der Waals surface area contributed by atoms with Gasteiger partial charge in [0.2, 0.25) is 0 Å². The summed E-state index contributed by atoms with van der Waals surface area (Å²) in [5.41, 5.74) is 4.25. The fraction of sp³-hybridized carbons (Fsp3) is 0.333. The summed E-state index contributed by atoms with van der Waals surface area (Å²) in [6, 6.07) is 17.1. The Kier molecular flexibility index (Phi) is 2.78. The van der Waals surface area contributed by atoms with Crippen molar-refractivity contribution < 1.29 is 5.11 Å². The second-order valence-electron chi connectivity index (χ2n) is 5.94. The van der Waals surface area contributed by atoms with E-state index in [-0.39, 0.29) is 0 Å². The van der Waals surface area contributed by atoms with Crippen LogP contribution in [-0.2, 0) is 0 Å². The maximum absolute atomic E-state index is 9.51. The lowest BCUT2D eigenvalue weighted by Gasteiger charge is -2.31. The molecule has 0 aromatic heterocycles. The highest BCUT2D eigenvalue weighted by atomic mass is 16.3. The van der Waals surface area contributed by atoms with Gasteiger partial charge in [0, 0.05) is 12.0 Å². The average molecular weight is 265 g/mol. The Morgan fingerprint density at radius 2 is 1.70 bits per heavy atom. The number of hydrogen-bond acceptors (Lipinski definition) is 2. The molecule has 1 aliphatic heterocycles. The van der Waals surface area contributed by atoms with E-state index in [4.69, 9.17) is 0 Å². The predicted octanol–water partition coefficient (Wildman–Crippen LogP) is 3.58. The molecule has 0 bridgehead atoms. The smallest absolute Gasteiger partial charge is 0.115 e. The van der Waals surface area contributed by atoms with Crippen LogP contribution in [0.1, 0.15) is 41.5 Å². The molecule has 1 aliphatic carbocycles. The van der Waals surface area contributed by atoms with E-state index in [0.717, 1.165) is 6.54 Å². The monoisotopic (exact) mass is 265 g/mol. The molecular formula is C18H19NO. The Morgan fingerprint density at radius 1 is 0.950 bits per heavy atom. The molecule has 2 nitrogen and oxygen atoms in total. The molecule has 1 heterocycles. The quantitative estimate of drug-likeness (QED) is 0.826. The fourth-order valence-electron chi connectivity index (χ4n) is 4.03. The lowest BCUT2D eigenvalue weighted by Crippen LogP contribution is -2.32. The largest absolute Gasteiger partial charge is 0.508 e. The van der Waals surface area contributed by atoms with E-state index in [9.17, 15) is 5.11 Å². The fourth-order valence-corrected chi connectivity index (χ4v) is 4.03. The van der Waals surface area contributed by atoms with Crippen molar-refractivity contribution in [2.24, 2.45) is 5.92 Å². The van der Waals surface area contributed by atoms with Crippen LogP contribution in [0.2, 0.25) is 0 Å². The van der Waals surface area contributed by atoms with Gasteiger partial charge in [0.05, 0.1) is 0 Å². The van der Waals surface area contributed by atoms with Gasteiger partial charge in [-0.05, 0) is 54.1 Å². The second kappa shape index (κ2) is 4.64. The number of rotatable bonds is 1. The zero-order valence-electron chi connectivity index (χ0n) is 11.4. The number of benzene rings is 2. The zero-order valence-corrected chi connectivity index (χ0v) is 11.4. The van der Waals surface area contributed by atoms with Crippen molar-refractivity contribution in [1.82, 2.24) is 5.32 Å². The number of aromatic hydroxyl groups is 1. The summed E-state index contributed by atoms with van der Waals surface area (Å²) in [7, 11) is 0. The number of phenols is 1. The SMILES string of the molecule is Oc1ccc([C@H]2c3ccccc3[C@@H]3NCCC[C@H]23)cc1. The first kappa shape index (κ1) is 12.0. The molecule has 20 heavy (non-hydrogen) atoms. The normalized spacial score (nSPS) is 27.9. The topological polar surface area (TPSA) is 32.3 Å². The van der Waals surface area contributed by atoms with Crippen LogP contribution in [-0.4, -0.2) is 11.7 Å². The average Bonchev–Trinajstić information content (AvgIpc) is 2.83. The molecule has 2 N–H and O–H groups in total. The third kappa shape index (κ3) is 1.75. The molecule has 2 aliphatic rings. The van der Waals surface area contributed by atoms with Crippen LogP contribution in [0.3, 0.4) is 0 Å². The highest BCUT2D eigenvalue weighted by Crippen LogP contribution is 2.51. The standard InChI is InChI=1S/C18H19NO/c20-13-9-7-12(8-10-13)17-14-4-1-2-5-15(14)18-16(17)6-3-11-19-18/h1-2,4-5,7-10,16-20H,3,6,11H2/t16-,17+,18+/m1/s1. The highest BCUT2D eigenvalue weighted by molar-refractivity contribution is 5.47. The van der Waals surface area contributed by atoms with Gasteiger partial charge in [-0.1, -0.05) is 36.4 Å². The molecule has 0 unspecified atom stereocenters. The summed E-state index contributed by atoms with van der Waals surface area (Å²) in [6.07, 6.45) is 2.53. The van der Waals surface area contributed by atoms with Gasteiger partial charge >= 0.3 is 0 Å². The molecule has 4 rings (SSSR count). The lowest BCUT2D eigenvalue weighted by molar-refractivity contribution is 0.287. The summed E-state index contributed by atoms with van der Waals surface area (Å²) in [6.45, 7) is 1.12. The molecule has 102 valence electrons. The van der Waals surface area contributed by atoms with Gasteiger partial charge in [-0.3, -0.25) is 0 Å². The third-order valence-electron chi connectivity index (χ3n) is 4.85.